The molecule has 0 N–H and O–H groups in total. The highest BCUT2D eigenvalue weighted by atomic mass is 16.1. The number of Topliss-reactive ketones (excluding diaryl/α,β-unsaturated/α-hetero) is 1. The summed E-state index contributed by atoms with van der Waals surface area (Å²) < 4.78 is 0. The van der Waals surface area contributed by atoms with Crippen LogP contribution in [0.4, 0.5) is 0 Å². The van der Waals surface area contributed by atoms with Crippen molar-refractivity contribution in [2.24, 2.45) is 0 Å². The summed E-state index contributed by atoms with van der Waals surface area (Å²) in [5.74, 6) is 0.144. The molecule has 0 aliphatic carbocycles. The van der Waals surface area contributed by atoms with Crippen LogP contribution in [-0.2, 0) is 0 Å². The van der Waals surface area contributed by atoms with Crippen molar-refractivity contribution in [3.63, 3.8) is 0 Å². The lowest BCUT2D eigenvalue weighted by Crippen LogP contribution is -1.99. The molecule has 92 valence electrons. The van der Waals surface area contributed by atoms with Gasteiger partial charge in [-0.1, -0.05) is 50.8 Å². The van der Waals surface area contributed by atoms with Crippen LogP contribution in [0.5, 0.6) is 0 Å². The summed E-state index contributed by atoms with van der Waals surface area (Å²) in [6.45, 7) is 2.18. The van der Waals surface area contributed by atoms with E-state index in [4.69, 9.17) is 0 Å². The van der Waals surface area contributed by atoms with Gasteiger partial charge >= 0.3 is 0 Å². The highest BCUT2D eigenvalue weighted by molar-refractivity contribution is 5.97. The van der Waals surface area contributed by atoms with E-state index in [1.54, 1.807) is 24.3 Å². The fourth-order valence-corrected chi connectivity index (χ4v) is 1.82. The van der Waals surface area contributed by atoms with Crippen LogP contribution in [0.3, 0.4) is 0 Å². The lowest BCUT2D eigenvalue weighted by molar-refractivity contribution is 0.0979. The quantitative estimate of drug-likeness (QED) is 0.385. The molecule has 0 saturated heterocycles. The Balaban J connectivity index is 2.38. The Morgan fingerprint density at radius 1 is 1.18 bits per heavy atom. The molecule has 0 spiro atoms. The van der Waals surface area contributed by atoms with Crippen molar-refractivity contribution in [3.8, 4) is 0 Å². The number of aldehydes is 1. The number of ketones is 1. The van der Waals surface area contributed by atoms with E-state index in [-0.39, 0.29) is 5.78 Å². The molecule has 0 aromatic heterocycles. The number of hydrogen-bond donors (Lipinski definition) is 0. The van der Waals surface area contributed by atoms with Gasteiger partial charge in [-0.15, -0.1) is 0 Å². The zero-order valence-electron chi connectivity index (χ0n) is 10.4. The first kappa shape index (κ1) is 13.6. The fraction of sp³-hybridized carbons (Fsp3) is 0.467. The van der Waals surface area contributed by atoms with Gasteiger partial charge in [-0.3, -0.25) is 9.59 Å². The van der Waals surface area contributed by atoms with Gasteiger partial charge in [0.25, 0.3) is 0 Å². The molecule has 0 unspecified atom stereocenters. The third-order valence-electron chi connectivity index (χ3n) is 2.85. The standard InChI is InChI=1S/C15H20O2/c1-2-3-4-5-6-10-15(17)14-9-7-8-13(11-14)12-16/h7-9,11-12H,2-6,10H2,1H3. The van der Waals surface area contributed by atoms with E-state index in [0.717, 1.165) is 19.1 Å². The van der Waals surface area contributed by atoms with Gasteiger partial charge in [0.15, 0.2) is 5.78 Å². The lowest BCUT2D eigenvalue weighted by Gasteiger charge is -2.02. The summed E-state index contributed by atoms with van der Waals surface area (Å²) in [4.78, 5) is 22.4. The van der Waals surface area contributed by atoms with Gasteiger partial charge in [0.2, 0.25) is 0 Å². The molecule has 2 heteroatoms. The Labute approximate surface area is 103 Å². The smallest absolute Gasteiger partial charge is 0.162 e. The summed E-state index contributed by atoms with van der Waals surface area (Å²) in [5, 5.41) is 0. The molecule has 0 fully saturated rings. The SMILES string of the molecule is CCCCCCCC(=O)c1cccc(C=O)c1. The number of carbonyl (C=O) groups is 2. The minimum absolute atomic E-state index is 0.144. The Morgan fingerprint density at radius 3 is 2.65 bits per heavy atom. The molecular formula is C15H20O2. The molecule has 0 atom stereocenters. The topological polar surface area (TPSA) is 34.1 Å². The summed E-state index contributed by atoms with van der Waals surface area (Å²) in [6.07, 6.45) is 7.10. The van der Waals surface area contributed by atoms with Gasteiger partial charge in [-0.05, 0) is 12.5 Å². The van der Waals surface area contributed by atoms with Gasteiger partial charge in [0.05, 0.1) is 0 Å². The van der Waals surface area contributed by atoms with Crippen molar-refractivity contribution < 1.29 is 9.59 Å². The first-order chi connectivity index (χ1) is 8.27. The third-order valence-corrected chi connectivity index (χ3v) is 2.85. The highest BCUT2D eigenvalue weighted by Gasteiger charge is 2.05. The predicted octanol–water partition coefficient (Wildman–Crippen LogP) is 4.04. The van der Waals surface area contributed by atoms with Crippen molar-refractivity contribution in [1.82, 2.24) is 0 Å². The summed E-state index contributed by atoms with van der Waals surface area (Å²) in [7, 11) is 0. The first-order valence-corrected chi connectivity index (χ1v) is 6.36. The molecule has 0 radical (unpaired) electrons. The van der Waals surface area contributed by atoms with Crippen LogP contribution in [0.15, 0.2) is 24.3 Å². The predicted molar refractivity (Wildman–Crippen MR) is 69.5 cm³/mol. The van der Waals surface area contributed by atoms with Crippen LogP contribution in [0.2, 0.25) is 0 Å². The van der Waals surface area contributed by atoms with E-state index >= 15 is 0 Å². The normalized spacial score (nSPS) is 10.2. The van der Waals surface area contributed by atoms with Crippen LogP contribution >= 0.6 is 0 Å². The average molecular weight is 232 g/mol. The third kappa shape index (κ3) is 4.94. The number of benzene rings is 1. The summed E-state index contributed by atoms with van der Waals surface area (Å²) >= 11 is 0. The number of carbonyl (C=O) groups excluding carboxylic acids is 2. The minimum Gasteiger partial charge on any atom is -0.298 e. The monoisotopic (exact) mass is 232 g/mol. The number of unbranched alkanes of at least 4 members (excludes halogenated alkanes) is 4. The van der Waals surface area contributed by atoms with E-state index in [0.29, 0.717) is 17.5 Å². The van der Waals surface area contributed by atoms with Crippen LogP contribution < -0.4 is 0 Å². The van der Waals surface area contributed by atoms with Crippen molar-refractivity contribution in [2.75, 3.05) is 0 Å². The summed E-state index contributed by atoms with van der Waals surface area (Å²) in [5.41, 5.74) is 1.23. The highest BCUT2D eigenvalue weighted by Crippen LogP contribution is 2.11. The second-order valence-corrected chi connectivity index (χ2v) is 4.33. The molecule has 0 bridgehead atoms. The zero-order chi connectivity index (χ0) is 12.5. The molecule has 0 saturated carbocycles. The fourth-order valence-electron chi connectivity index (χ4n) is 1.82. The van der Waals surface area contributed by atoms with E-state index < -0.39 is 0 Å². The molecule has 0 heterocycles. The number of rotatable bonds is 8. The Bertz CT molecular complexity index is 369. The maximum atomic E-state index is 11.8. The van der Waals surface area contributed by atoms with Crippen molar-refractivity contribution in [3.05, 3.63) is 35.4 Å². The Kier molecular flexibility index (Phi) is 6.23. The Morgan fingerprint density at radius 2 is 1.94 bits per heavy atom. The van der Waals surface area contributed by atoms with Crippen LogP contribution in [-0.4, -0.2) is 12.1 Å². The van der Waals surface area contributed by atoms with E-state index in [2.05, 4.69) is 6.92 Å². The van der Waals surface area contributed by atoms with Gasteiger partial charge in [-0.25, -0.2) is 0 Å². The molecule has 2 nitrogen and oxygen atoms in total. The Hall–Kier alpha value is -1.44. The molecule has 1 rings (SSSR count). The van der Waals surface area contributed by atoms with Gasteiger partial charge in [0.1, 0.15) is 6.29 Å². The van der Waals surface area contributed by atoms with E-state index in [9.17, 15) is 9.59 Å². The van der Waals surface area contributed by atoms with Crippen LogP contribution in [0.25, 0.3) is 0 Å². The maximum absolute atomic E-state index is 11.8. The second-order valence-electron chi connectivity index (χ2n) is 4.33. The van der Waals surface area contributed by atoms with Crippen LogP contribution in [0.1, 0.15) is 66.2 Å². The molecule has 0 aliphatic rings. The minimum atomic E-state index is 0.144. The molecule has 1 aromatic carbocycles. The van der Waals surface area contributed by atoms with Gasteiger partial charge in [-0.2, -0.15) is 0 Å². The van der Waals surface area contributed by atoms with Crippen LogP contribution in [0, 0.1) is 0 Å². The molecule has 0 amide bonds. The average Bonchev–Trinajstić information content (AvgIpc) is 2.38. The lowest BCUT2D eigenvalue weighted by atomic mass is 10.0. The molecule has 17 heavy (non-hydrogen) atoms. The van der Waals surface area contributed by atoms with Crippen molar-refractivity contribution >= 4 is 12.1 Å². The van der Waals surface area contributed by atoms with Crippen molar-refractivity contribution in [2.45, 2.75) is 45.4 Å². The summed E-state index contributed by atoms with van der Waals surface area (Å²) in [6, 6.07) is 6.92. The molecule has 0 aliphatic heterocycles. The zero-order valence-corrected chi connectivity index (χ0v) is 10.4. The van der Waals surface area contributed by atoms with E-state index in [1.807, 2.05) is 0 Å². The van der Waals surface area contributed by atoms with E-state index in [1.165, 1.54) is 19.3 Å². The second kappa shape index (κ2) is 7.77. The number of hydrogen-bond acceptors (Lipinski definition) is 2. The molecule has 1 aromatic rings. The van der Waals surface area contributed by atoms with Gasteiger partial charge < -0.3 is 0 Å². The first-order valence-electron chi connectivity index (χ1n) is 6.36. The van der Waals surface area contributed by atoms with Crippen molar-refractivity contribution in [1.29, 1.82) is 0 Å². The van der Waals surface area contributed by atoms with Gasteiger partial charge in [0, 0.05) is 17.5 Å². The largest absolute Gasteiger partial charge is 0.298 e. The maximum Gasteiger partial charge on any atom is 0.162 e. The molecular weight excluding hydrogens is 212 g/mol.